The summed E-state index contributed by atoms with van der Waals surface area (Å²) < 4.78 is 0. The fourth-order valence-corrected chi connectivity index (χ4v) is 4.08. The Morgan fingerprint density at radius 2 is 1.83 bits per heavy atom. The standard InChI is InChI=1S/C24H28N4O/c1-16-15-28(14-13-27(16)4)20-11-9-19(10-12-20)26-24-21-7-5-6-8-22(21)25-17(2)23(24)18(3)29/h5-12,16H,13-15H2,1-4H3,(H,25,26). The van der Waals surface area contributed by atoms with E-state index in [1.165, 1.54) is 5.69 Å². The topological polar surface area (TPSA) is 48.5 Å². The van der Waals surface area contributed by atoms with Gasteiger partial charge in [-0.1, -0.05) is 18.2 Å². The van der Waals surface area contributed by atoms with Gasteiger partial charge in [0, 0.05) is 42.4 Å². The molecule has 150 valence electrons. The van der Waals surface area contributed by atoms with Crippen molar-refractivity contribution in [2.24, 2.45) is 0 Å². The van der Waals surface area contributed by atoms with Crippen LogP contribution in [0.25, 0.3) is 10.9 Å². The summed E-state index contributed by atoms with van der Waals surface area (Å²) in [5.41, 5.74) is 5.33. The monoisotopic (exact) mass is 388 g/mol. The summed E-state index contributed by atoms with van der Waals surface area (Å²) in [5.74, 6) is 0.0197. The number of aromatic nitrogens is 1. The minimum absolute atomic E-state index is 0.0197. The van der Waals surface area contributed by atoms with Gasteiger partial charge in [-0.25, -0.2) is 0 Å². The van der Waals surface area contributed by atoms with Crippen LogP contribution < -0.4 is 10.2 Å². The Labute approximate surface area is 172 Å². The van der Waals surface area contributed by atoms with E-state index in [1.807, 2.05) is 31.2 Å². The molecule has 29 heavy (non-hydrogen) atoms. The first-order valence-electron chi connectivity index (χ1n) is 10.2. The van der Waals surface area contributed by atoms with E-state index in [4.69, 9.17) is 0 Å². The van der Waals surface area contributed by atoms with E-state index in [0.717, 1.165) is 47.6 Å². The molecule has 2 aromatic carbocycles. The molecule has 1 saturated heterocycles. The largest absolute Gasteiger partial charge is 0.369 e. The van der Waals surface area contributed by atoms with Crippen LogP contribution in [0.5, 0.6) is 0 Å². The lowest BCUT2D eigenvalue weighted by molar-refractivity contribution is 0.101. The molecular formula is C24H28N4O. The Morgan fingerprint density at radius 1 is 1.10 bits per heavy atom. The van der Waals surface area contributed by atoms with Crippen molar-refractivity contribution in [2.75, 3.05) is 36.9 Å². The van der Waals surface area contributed by atoms with Crippen LogP contribution in [-0.2, 0) is 0 Å². The van der Waals surface area contributed by atoms with Crippen LogP contribution in [0.1, 0.15) is 29.9 Å². The Bertz CT molecular complexity index is 1040. The van der Waals surface area contributed by atoms with E-state index in [2.05, 4.69) is 58.3 Å². The van der Waals surface area contributed by atoms with Crippen molar-refractivity contribution in [3.05, 3.63) is 59.8 Å². The van der Waals surface area contributed by atoms with Gasteiger partial charge in [0.25, 0.3) is 0 Å². The molecule has 1 unspecified atom stereocenters. The third-order valence-electron chi connectivity index (χ3n) is 5.89. The highest BCUT2D eigenvalue weighted by Gasteiger charge is 2.21. The van der Waals surface area contributed by atoms with Crippen molar-refractivity contribution in [2.45, 2.75) is 26.8 Å². The van der Waals surface area contributed by atoms with Gasteiger partial charge in [0.05, 0.1) is 22.5 Å². The zero-order valence-electron chi connectivity index (χ0n) is 17.6. The van der Waals surface area contributed by atoms with Gasteiger partial charge in [0.15, 0.2) is 5.78 Å². The molecule has 0 amide bonds. The van der Waals surface area contributed by atoms with Gasteiger partial charge in [-0.3, -0.25) is 9.78 Å². The van der Waals surface area contributed by atoms with Crippen molar-refractivity contribution < 1.29 is 4.79 Å². The number of aryl methyl sites for hydroxylation is 1. The van der Waals surface area contributed by atoms with Crippen LogP contribution in [-0.4, -0.2) is 48.4 Å². The second-order valence-corrected chi connectivity index (χ2v) is 7.97. The van der Waals surface area contributed by atoms with Crippen molar-refractivity contribution in [3.8, 4) is 0 Å². The van der Waals surface area contributed by atoms with Crippen molar-refractivity contribution in [1.82, 2.24) is 9.88 Å². The highest BCUT2D eigenvalue weighted by Crippen LogP contribution is 2.32. The number of likely N-dealkylation sites (N-methyl/N-ethyl adjacent to an activating group) is 1. The summed E-state index contributed by atoms with van der Waals surface area (Å²) in [5, 5.41) is 4.45. The zero-order chi connectivity index (χ0) is 20.5. The number of nitrogens with one attached hydrogen (secondary N) is 1. The van der Waals surface area contributed by atoms with Crippen molar-refractivity contribution in [3.63, 3.8) is 0 Å². The van der Waals surface area contributed by atoms with E-state index < -0.39 is 0 Å². The first kappa shape index (κ1) is 19.4. The summed E-state index contributed by atoms with van der Waals surface area (Å²) >= 11 is 0. The fourth-order valence-electron chi connectivity index (χ4n) is 4.08. The highest BCUT2D eigenvalue weighted by molar-refractivity contribution is 6.09. The number of pyridine rings is 1. The molecule has 4 rings (SSSR count). The number of hydrogen-bond acceptors (Lipinski definition) is 5. The highest BCUT2D eigenvalue weighted by atomic mass is 16.1. The van der Waals surface area contributed by atoms with Crippen LogP contribution in [0.15, 0.2) is 48.5 Å². The van der Waals surface area contributed by atoms with Gasteiger partial charge < -0.3 is 15.1 Å². The first-order chi connectivity index (χ1) is 13.9. The number of anilines is 3. The predicted molar refractivity (Wildman–Crippen MR) is 121 cm³/mol. The summed E-state index contributed by atoms with van der Waals surface area (Å²) in [7, 11) is 2.18. The van der Waals surface area contributed by atoms with Gasteiger partial charge in [-0.2, -0.15) is 0 Å². The van der Waals surface area contributed by atoms with Crippen LogP contribution >= 0.6 is 0 Å². The van der Waals surface area contributed by atoms with Crippen molar-refractivity contribution >= 4 is 33.7 Å². The number of benzene rings is 2. The molecule has 0 aliphatic carbocycles. The number of piperazine rings is 1. The van der Waals surface area contributed by atoms with E-state index in [-0.39, 0.29) is 5.78 Å². The van der Waals surface area contributed by atoms with Crippen molar-refractivity contribution in [1.29, 1.82) is 0 Å². The fraction of sp³-hybridized carbons (Fsp3) is 0.333. The van der Waals surface area contributed by atoms with Crippen LogP contribution in [0.3, 0.4) is 0 Å². The Kier molecular flexibility index (Phi) is 5.24. The molecule has 0 saturated carbocycles. The molecule has 1 aromatic heterocycles. The van der Waals surface area contributed by atoms with Gasteiger partial charge in [-0.15, -0.1) is 0 Å². The molecule has 0 bridgehead atoms. The third kappa shape index (κ3) is 3.83. The maximum Gasteiger partial charge on any atom is 0.163 e. The van der Waals surface area contributed by atoms with Crippen LogP contribution in [0, 0.1) is 6.92 Å². The minimum Gasteiger partial charge on any atom is -0.369 e. The molecule has 1 fully saturated rings. The molecule has 5 heteroatoms. The number of Topliss-reactive ketones (excluding diaryl/α,β-unsaturated/α-hetero) is 1. The summed E-state index contributed by atoms with van der Waals surface area (Å²) in [4.78, 5) is 21.8. The lowest BCUT2D eigenvalue weighted by Crippen LogP contribution is -2.50. The van der Waals surface area contributed by atoms with E-state index in [9.17, 15) is 4.79 Å². The molecule has 1 aliphatic rings. The summed E-state index contributed by atoms with van der Waals surface area (Å²) in [6.07, 6.45) is 0. The summed E-state index contributed by atoms with van der Waals surface area (Å²) in [6, 6.07) is 17.0. The Morgan fingerprint density at radius 3 is 2.52 bits per heavy atom. The molecule has 3 aromatic rings. The molecule has 0 radical (unpaired) electrons. The molecule has 1 N–H and O–H groups in total. The smallest absolute Gasteiger partial charge is 0.163 e. The number of hydrogen-bond donors (Lipinski definition) is 1. The number of rotatable bonds is 4. The molecule has 1 aliphatic heterocycles. The number of carbonyl (C=O) groups is 1. The maximum absolute atomic E-state index is 12.3. The lowest BCUT2D eigenvalue weighted by atomic mass is 10.0. The molecule has 1 atom stereocenters. The lowest BCUT2D eigenvalue weighted by Gasteiger charge is -2.39. The molecular weight excluding hydrogens is 360 g/mol. The first-order valence-corrected chi connectivity index (χ1v) is 10.2. The van der Waals surface area contributed by atoms with E-state index in [1.54, 1.807) is 6.92 Å². The number of para-hydroxylation sites is 1. The SMILES string of the molecule is CC(=O)c1c(C)nc2ccccc2c1Nc1ccc(N2CCN(C)C(C)C2)cc1. The van der Waals surface area contributed by atoms with Gasteiger partial charge in [-0.05, 0) is 58.2 Å². The maximum atomic E-state index is 12.3. The van der Waals surface area contributed by atoms with Gasteiger partial charge in [0.2, 0.25) is 0 Å². The van der Waals surface area contributed by atoms with Crippen LogP contribution in [0.4, 0.5) is 17.1 Å². The average Bonchev–Trinajstić information content (AvgIpc) is 2.70. The van der Waals surface area contributed by atoms with Gasteiger partial charge >= 0.3 is 0 Å². The second-order valence-electron chi connectivity index (χ2n) is 7.97. The predicted octanol–water partition coefficient (Wildman–Crippen LogP) is 4.63. The third-order valence-corrected chi connectivity index (χ3v) is 5.89. The number of carbonyl (C=O) groups excluding carboxylic acids is 1. The average molecular weight is 389 g/mol. The minimum atomic E-state index is 0.0197. The van der Waals surface area contributed by atoms with E-state index in [0.29, 0.717) is 11.6 Å². The quantitative estimate of drug-likeness (QED) is 0.661. The Hall–Kier alpha value is -2.92. The summed E-state index contributed by atoms with van der Waals surface area (Å²) in [6.45, 7) is 8.91. The van der Waals surface area contributed by atoms with Gasteiger partial charge in [0.1, 0.15) is 0 Å². The van der Waals surface area contributed by atoms with Crippen LogP contribution in [0.2, 0.25) is 0 Å². The second kappa shape index (κ2) is 7.84. The molecule has 5 nitrogen and oxygen atoms in total. The number of ketones is 1. The number of nitrogens with zero attached hydrogens (tertiary/aromatic N) is 3. The zero-order valence-corrected chi connectivity index (χ0v) is 17.6. The molecule has 0 spiro atoms. The molecule has 2 heterocycles. The number of fused-ring (bicyclic) bond motifs is 1. The normalized spacial score (nSPS) is 17.5. The van der Waals surface area contributed by atoms with E-state index >= 15 is 0 Å². The Balaban J connectivity index is 1.65.